The fraction of sp³-hybridized carbons (Fsp3) is 0.0137. The van der Waals surface area contributed by atoms with Crippen molar-refractivity contribution in [2.24, 2.45) is 0 Å². The number of hydrogen-bond acceptors (Lipinski definition) is 4. The molecule has 2 aromatic heterocycles. The summed E-state index contributed by atoms with van der Waals surface area (Å²) in [7, 11) is 0. The predicted octanol–water partition coefficient (Wildman–Crippen LogP) is 20.2. The molecule has 0 N–H and O–H groups in total. The third-order valence-corrected chi connectivity index (χ3v) is 16.8. The molecule has 4 nitrogen and oxygen atoms in total. The Balaban J connectivity index is 0.977. The lowest BCUT2D eigenvalue weighted by Gasteiger charge is -2.34. The van der Waals surface area contributed by atoms with E-state index in [2.05, 4.69) is 265 Å². The summed E-state index contributed by atoms with van der Waals surface area (Å²) in [5.74, 6) is 0. The molecule has 0 bridgehead atoms. The van der Waals surface area contributed by atoms with E-state index in [4.69, 9.17) is 8.83 Å². The Labute approximate surface area is 443 Å². The number of rotatable bonds is 6. The number of anilines is 6. The van der Waals surface area contributed by atoms with Crippen LogP contribution in [0.2, 0.25) is 0 Å². The van der Waals surface area contributed by atoms with E-state index in [-0.39, 0.29) is 0 Å². The molecule has 0 atom stereocenters. The third-order valence-electron chi connectivity index (χ3n) is 16.8. The number of furan rings is 2. The Morgan fingerprint density at radius 3 is 1.27 bits per heavy atom. The number of nitrogens with zero attached hydrogens (tertiary/aromatic N) is 2. The highest BCUT2D eigenvalue weighted by Crippen LogP contribution is 2.67. The molecule has 358 valence electrons. The van der Waals surface area contributed by atoms with Crippen LogP contribution in [0.4, 0.5) is 34.1 Å². The van der Waals surface area contributed by atoms with Crippen molar-refractivity contribution in [1.82, 2.24) is 0 Å². The fourth-order valence-electron chi connectivity index (χ4n) is 13.7. The molecule has 4 heteroatoms. The molecule has 2 aliphatic carbocycles. The van der Waals surface area contributed by atoms with Crippen molar-refractivity contribution in [3.05, 3.63) is 289 Å². The van der Waals surface area contributed by atoms with Crippen molar-refractivity contribution in [3.63, 3.8) is 0 Å². The molecule has 2 heterocycles. The van der Waals surface area contributed by atoms with Crippen molar-refractivity contribution >= 4 is 110 Å². The van der Waals surface area contributed by atoms with Gasteiger partial charge in [-0.2, -0.15) is 0 Å². The molecular formula is C73H44N2O2. The minimum Gasteiger partial charge on any atom is -0.456 e. The lowest BCUT2D eigenvalue weighted by atomic mass is 9.69. The maximum absolute atomic E-state index is 6.62. The molecule has 0 saturated heterocycles. The summed E-state index contributed by atoms with van der Waals surface area (Å²) in [4.78, 5) is 4.82. The maximum atomic E-state index is 6.62. The zero-order valence-corrected chi connectivity index (χ0v) is 41.6. The van der Waals surface area contributed by atoms with Gasteiger partial charge in [-0.15, -0.1) is 0 Å². The Bertz CT molecular complexity index is 4910. The Morgan fingerprint density at radius 1 is 0.247 bits per heavy atom. The van der Waals surface area contributed by atoms with Crippen LogP contribution < -0.4 is 9.80 Å². The van der Waals surface area contributed by atoms with E-state index < -0.39 is 5.41 Å². The van der Waals surface area contributed by atoms with Crippen LogP contribution in [0.3, 0.4) is 0 Å². The van der Waals surface area contributed by atoms with Gasteiger partial charge in [-0.3, -0.25) is 0 Å². The first kappa shape index (κ1) is 42.2. The average molecular weight is 981 g/mol. The second-order valence-electron chi connectivity index (χ2n) is 20.6. The first-order valence-electron chi connectivity index (χ1n) is 26.5. The van der Waals surface area contributed by atoms with Crippen molar-refractivity contribution in [2.75, 3.05) is 9.80 Å². The summed E-state index contributed by atoms with van der Waals surface area (Å²) in [6.45, 7) is 0. The predicted molar refractivity (Wildman–Crippen MR) is 319 cm³/mol. The van der Waals surface area contributed by atoms with E-state index in [1.54, 1.807) is 0 Å². The lowest BCUT2D eigenvalue weighted by Crippen LogP contribution is -2.26. The molecule has 0 unspecified atom stereocenters. The van der Waals surface area contributed by atoms with Gasteiger partial charge in [0.05, 0.1) is 11.1 Å². The first-order chi connectivity index (χ1) is 38.2. The van der Waals surface area contributed by atoms with Crippen molar-refractivity contribution in [3.8, 4) is 22.3 Å². The van der Waals surface area contributed by atoms with Crippen LogP contribution >= 0.6 is 0 Å². The molecule has 1 spiro atoms. The number of benzene rings is 13. The molecule has 15 aromatic rings. The van der Waals surface area contributed by atoms with Crippen LogP contribution in [-0.2, 0) is 5.41 Å². The van der Waals surface area contributed by atoms with Gasteiger partial charge in [-0.1, -0.05) is 176 Å². The van der Waals surface area contributed by atoms with Crippen molar-refractivity contribution < 1.29 is 8.83 Å². The van der Waals surface area contributed by atoms with E-state index in [1.165, 1.54) is 76.8 Å². The summed E-state index contributed by atoms with van der Waals surface area (Å²) < 4.78 is 13.2. The zero-order chi connectivity index (χ0) is 50.3. The highest BCUT2D eigenvalue weighted by Gasteiger charge is 2.54. The summed E-state index contributed by atoms with van der Waals surface area (Å²) in [5, 5.41) is 11.7. The van der Waals surface area contributed by atoms with Crippen LogP contribution in [0.1, 0.15) is 22.3 Å². The van der Waals surface area contributed by atoms with Gasteiger partial charge in [0.1, 0.15) is 22.3 Å². The molecular weight excluding hydrogens is 937 g/mol. The third kappa shape index (κ3) is 5.81. The van der Waals surface area contributed by atoms with Gasteiger partial charge in [0, 0.05) is 67.5 Å². The zero-order valence-electron chi connectivity index (χ0n) is 41.6. The summed E-state index contributed by atoms with van der Waals surface area (Å²) in [6.07, 6.45) is 0. The maximum Gasteiger partial charge on any atom is 0.137 e. The van der Waals surface area contributed by atoms with Crippen LogP contribution in [0.15, 0.2) is 276 Å². The van der Waals surface area contributed by atoms with Crippen LogP contribution in [-0.4, -0.2) is 0 Å². The fourth-order valence-corrected chi connectivity index (χ4v) is 13.7. The second kappa shape index (κ2) is 15.9. The van der Waals surface area contributed by atoms with E-state index in [0.29, 0.717) is 0 Å². The lowest BCUT2D eigenvalue weighted by molar-refractivity contribution is 0.668. The van der Waals surface area contributed by atoms with Crippen molar-refractivity contribution in [1.29, 1.82) is 0 Å². The van der Waals surface area contributed by atoms with Gasteiger partial charge >= 0.3 is 0 Å². The number of hydrogen-bond donors (Lipinski definition) is 0. The number of para-hydroxylation sites is 4. The van der Waals surface area contributed by atoms with Crippen LogP contribution in [0, 0.1) is 0 Å². The molecule has 0 saturated carbocycles. The van der Waals surface area contributed by atoms with E-state index in [1.807, 2.05) is 12.1 Å². The van der Waals surface area contributed by atoms with E-state index in [9.17, 15) is 0 Å². The van der Waals surface area contributed by atoms with Gasteiger partial charge < -0.3 is 18.6 Å². The Morgan fingerprint density at radius 2 is 0.675 bits per heavy atom. The topological polar surface area (TPSA) is 32.8 Å². The SMILES string of the molecule is c1ccc(N(c2ccc3c(c2)oc2ccccc23)c2ccc3c4c(c5ccccc5c3c2)-c2c(cc(N(c3ccccc3)c3ccc5c(c3)oc3ccccc35)c3ccccc23)C42c3ccccc3-c3ccccc32)cc1. The smallest absolute Gasteiger partial charge is 0.137 e. The van der Waals surface area contributed by atoms with Crippen LogP contribution in [0.25, 0.3) is 98.4 Å². The molecule has 0 radical (unpaired) electrons. The standard InChI is InChI=1S/C73H44N2O2/c1-3-19-45(20-4-1)74(48-35-38-56-54-27-13-17-33-66(54)76-68(56)42-48)47-37-40-60-61(41-47)50-23-7-9-29-58(50)71-70-59-30-10-8-26-53(59)65(44-64(70)73(72(60)71)62-31-15-11-24-51(62)52-25-12-16-32-63(52)73)75(46-21-5-2-6-22-46)49-36-39-57-55-28-14-18-34-67(55)77-69(57)43-49/h1-44H. The minimum absolute atomic E-state index is 0.697. The Kier molecular flexibility index (Phi) is 8.73. The highest BCUT2D eigenvalue weighted by atomic mass is 16.3. The Hall–Kier alpha value is -10.2. The van der Waals surface area contributed by atoms with Gasteiger partial charge in [-0.05, 0) is 150 Å². The van der Waals surface area contributed by atoms with E-state index >= 15 is 0 Å². The second-order valence-corrected chi connectivity index (χ2v) is 20.6. The molecule has 17 rings (SSSR count). The molecule has 2 aliphatic rings. The molecule has 77 heavy (non-hydrogen) atoms. The average Bonchev–Trinajstić information content (AvgIpc) is 4.14. The van der Waals surface area contributed by atoms with Gasteiger partial charge in [0.25, 0.3) is 0 Å². The molecule has 0 aliphatic heterocycles. The summed E-state index contributed by atoms with van der Waals surface area (Å²) in [6, 6.07) is 97.8. The van der Waals surface area contributed by atoms with Gasteiger partial charge in [0.15, 0.2) is 0 Å². The van der Waals surface area contributed by atoms with Crippen LogP contribution in [0.5, 0.6) is 0 Å². The largest absolute Gasteiger partial charge is 0.456 e. The van der Waals surface area contributed by atoms with E-state index in [0.717, 1.165) is 78.0 Å². The monoisotopic (exact) mass is 980 g/mol. The highest BCUT2D eigenvalue weighted by molar-refractivity contribution is 6.25. The number of fused-ring (bicyclic) bond motifs is 23. The van der Waals surface area contributed by atoms with Gasteiger partial charge in [0.2, 0.25) is 0 Å². The molecule has 13 aromatic carbocycles. The molecule has 0 fully saturated rings. The normalized spacial score (nSPS) is 13.0. The molecule has 0 amide bonds. The van der Waals surface area contributed by atoms with Crippen molar-refractivity contribution in [2.45, 2.75) is 5.41 Å². The quantitative estimate of drug-likeness (QED) is 0.155. The summed E-state index contributed by atoms with van der Waals surface area (Å²) in [5.41, 5.74) is 19.4. The first-order valence-corrected chi connectivity index (χ1v) is 26.5. The summed E-state index contributed by atoms with van der Waals surface area (Å²) >= 11 is 0. The minimum atomic E-state index is -0.697. The van der Waals surface area contributed by atoms with Gasteiger partial charge in [-0.25, -0.2) is 0 Å².